The Morgan fingerprint density at radius 2 is 1.63 bits per heavy atom. The molecule has 136 valence electrons. The molecule has 0 saturated carbocycles. The summed E-state index contributed by atoms with van der Waals surface area (Å²) in [5.74, 6) is 2.79. The van der Waals surface area contributed by atoms with E-state index in [4.69, 9.17) is 23.4 Å². The van der Waals surface area contributed by atoms with Crippen LogP contribution in [-0.2, 0) is 6.54 Å². The number of aromatic hydroxyl groups is 1. The maximum Gasteiger partial charge on any atom is 0.317 e. The molecule has 8 heteroatoms. The Morgan fingerprint density at radius 1 is 0.926 bits per heavy atom. The third kappa shape index (κ3) is 2.91. The lowest BCUT2D eigenvalue weighted by molar-refractivity contribution is -0.469. The minimum Gasteiger partial charge on any atom is -0.479 e. The van der Waals surface area contributed by atoms with Crippen LogP contribution >= 0.6 is 0 Å². The van der Waals surface area contributed by atoms with Gasteiger partial charge in [0.05, 0.1) is 0 Å². The number of oxazole rings is 1. The summed E-state index contributed by atoms with van der Waals surface area (Å²) in [6, 6.07) is 11.0. The molecule has 0 bridgehead atoms. The van der Waals surface area contributed by atoms with E-state index >= 15 is 0 Å². The molecule has 1 aromatic heterocycles. The molecule has 8 nitrogen and oxygen atoms in total. The maximum absolute atomic E-state index is 10.0. The molecule has 2 N–H and O–H groups in total. The highest BCUT2D eigenvalue weighted by Crippen LogP contribution is 2.36. The number of fused-ring (bicyclic) bond motifs is 2. The predicted octanol–water partition coefficient (Wildman–Crippen LogP) is 1.20. The van der Waals surface area contributed by atoms with Crippen LogP contribution in [0.1, 0.15) is 11.3 Å². The average molecular weight is 367 g/mol. The van der Waals surface area contributed by atoms with Gasteiger partial charge in [0.15, 0.2) is 35.8 Å². The monoisotopic (exact) mass is 367 g/mol. The van der Waals surface area contributed by atoms with E-state index in [9.17, 15) is 5.11 Å². The van der Waals surface area contributed by atoms with Gasteiger partial charge in [-0.3, -0.25) is 0 Å². The molecule has 5 rings (SSSR count). The van der Waals surface area contributed by atoms with Crippen molar-refractivity contribution in [3.05, 3.63) is 47.7 Å². The lowest BCUT2D eigenvalue weighted by Crippen LogP contribution is -2.67. The van der Waals surface area contributed by atoms with Gasteiger partial charge in [0, 0.05) is 11.1 Å². The largest absolute Gasteiger partial charge is 0.479 e. The van der Waals surface area contributed by atoms with Crippen molar-refractivity contribution in [3.63, 3.8) is 0 Å². The van der Waals surface area contributed by atoms with E-state index in [0.717, 1.165) is 17.1 Å². The smallest absolute Gasteiger partial charge is 0.317 e. The molecular formula is C19H15N2O6+. The van der Waals surface area contributed by atoms with Gasteiger partial charge in [-0.25, -0.2) is 4.99 Å². The molecule has 0 amide bonds. The normalized spacial score (nSPS) is 14.2. The van der Waals surface area contributed by atoms with Crippen LogP contribution in [0.5, 0.6) is 28.9 Å². The number of nitrogens with one attached hydrogen (secondary N) is 1. The first kappa shape index (κ1) is 15.6. The predicted molar refractivity (Wildman–Crippen MR) is 92.1 cm³/mol. The summed E-state index contributed by atoms with van der Waals surface area (Å²) in [5, 5.41) is 10.0. The first-order valence-corrected chi connectivity index (χ1v) is 8.31. The van der Waals surface area contributed by atoms with Crippen LogP contribution < -0.4 is 23.9 Å². The summed E-state index contributed by atoms with van der Waals surface area (Å²) in [7, 11) is 0. The molecule has 0 atom stereocenters. The van der Waals surface area contributed by atoms with Gasteiger partial charge in [0.2, 0.25) is 25.2 Å². The quantitative estimate of drug-likeness (QED) is 0.669. The van der Waals surface area contributed by atoms with E-state index in [2.05, 4.69) is 9.98 Å². The zero-order valence-electron chi connectivity index (χ0n) is 14.1. The lowest BCUT2D eigenvalue weighted by Gasteiger charge is -1.97. The van der Waals surface area contributed by atoms with Crippen molar-refractivity contribution in [2.24, 2.45) is 0 Å². The molecule has 0 spiro atoms. The standard InChI is InChI=1S/C19H14N2O6/c22-19-13(8-20-7-11-1-3-14-16(5-11)25-9-23-14)21-18(27-19)12-2-4-15-17(6-12)26-10-24-15/h1-6,8,22H,7,9-10H2/p+1. The van der Waals surface area contributed by atoms with Crippen molar-refractivity contribution in [2.75, 3.05) is 13.6 Å². The zero-order valence-corrected chi connectivity index (χ0v) is 14.1. The third-order valence-electron chi connectivity index (χ3n) is 4.24. The fourth-order valence-corrected chi connectivity index (χ4v) is 2.89. The zero-order chi connectivity index (χ0) is 18.2. The van der Waals surface area contributed by atoms with Crippen LogP contribution in [0.2, 0.25) is 0 Å². The van der Waals surface area contributed by atoms with Crippen molar-refractivity contribution in [3.8, 4) is 40.4 Å². The molecule has 3 aromatic rings. The topological polar surface area (TPSA) is 97.2 Å². The van der Waals surface area contributed by atoms with Crippen LogP contribution in [0.25, 0.3) is 11.5 Å². The molecule has 0 fully saturated rings. The van der Waals surface area contributed by atoms with Gasteiger partial charge in [-0.1, -0.05) is 0 Å². The fourth-order valence-electron chi connectivity index (χ4n) is 2.89. The Morgan fingerprint density at radius 3 is 2.44 bits per heavy atom. The van der Waals surface area contributed by atoms with Crippen molar-refractivity contribution in [1.29, 1.82) is 0 Å². The van der Waals surface area contributed by atoms with E-state index in [1.807, 2.05) is 18.2 Å². The van der Waals surface area contributed by atoms with Gasteiger partial charge in [-0.15, -0.1) is 0 Å². The summed E-state index contributed by atoms with van der Waals surface area (Å²) >= 11 is 0. The average Bonchev–Trinajstić information content (AvgIpc) is 3.40. The van der Waals surface area contributed by atoms with Crippen LogP contribution in [-0.4, -0.2) is 29.9 Å². The van der Waals surface area contributed by atoms with E-state index < -0.39 is 0 Å². The highest BCUT2D eigenvalue weighted by Gasteiger charge is 2.19. The number of rotatable bonds is 4. The molecule has 2 aliphatic heterocycles. The van der Waals surface area contributed by atoms with Crippen molar-refractivity contribution < 1.29 is 33.5 Å². The summed E-state index contributed by atoms with van der Waals surface area (Å²) in [6.45, 7) is 0.967. The van der Waals surface area contributed by atoms with Crippen LogP contribution in [0, 0.1) is 0 Å². The minimum atomic E-state index is -0.263. The summed E-state index contributed by atoms with van der Waals surface area (Å²) < 4.78 is 26.7. The minimum absolute atomic E-state index is 0.193. The van der Waals surface area contributed by atoms with Crippen molar-refractivity contribution in [1.82, 2.24) is 4.98 Å². The van der Waals surface area contributed by atoms with E-state index in [-0.39, 0.29) is 19.5 Å². The second-order valence-corrected chi connectivity index (χ2v) is 5.99. The molecule has 0 radical (unpaired) electrons. The molecule has 2 aromatic carbocycles. The molecule has 0 aliphatic carbocycles. The lowest BCUT2D eigenvalue weighted by atomic mass is 10.2. The molecule has 2 aliphatic rings. The second kappa shape index (κ2) is 6.24. The first-order chi connectivity index (χ1) is 13.3. The molecular weight excluding hydrogens is 352 g/mol. The van der Waals surface area contributed by atoms with Gasteiger partial charge < -0.3 is 28.5 Å². The third-order valence-corrected chi connectivity index (χ3v) is 4.24. The number of hydrogen-bond donors (Lipinski definition) is 2. The first-order valence-electron chi connectivity index (χ1n) is 8.31. The fraction of sp³-hybridized carbons (Fsp3) is 0.158. The van der Waals surface area contributed by atoms with Gasteiger partial charge in [-0.05, 0) is 36.4 Å². The van der Waals surface area contributed by atoms with Crippen molar-refractivity contribution in [2.45, 2.75) is 6.54 Å². The SMILES string of the molecule is Oc1oc(-c2ccc3c(c2)OCO3)nc1C=[NH+]Cc1ccc2c(c1)OCO2. The number of nitrogens with zero attached hydrogens (tertiary/aromatic N) is 1. The van der Waals surface area contributed by atoms with Crippen LogP contribution in [0.4, 0.5) is 0 Å². The molecule has 3 heterocycles. The summed E-state index contributed by atoms with van der Waals surface area (Å²) in [5.41, 5.74) is 2.00. The van der Waals surface area contributed by atoms with Crippen LogP contribution in [0.3, 0.4) is 0 Å². The summed E-state index contributed by atoms with van der Waals surface area (Å²) in [4.78, 5) is 7.43. The Hall–Kier alpha value is -3.68. The Kier molecular flexibility index (Phi) is 3.60. The van der Waals surface area contributed by atoms with E-state index in [0.29, 0.717) is 35.2 Å². The number of aromatic nitrogens is 1. The molecule has 0 saturated heterocycles. The highest BCUT2D eigenvalue weighted by molar-refractivity contribution is 5.76. The van der Waals surface area contributed by atoms with E-state index in [1.54, 1.807) is 24.4 Å². The van der Waals surface area contributed by atoms with Gasteiger partial charge in [-0.2, -0.15) is 4.98 Å². The summed E-state index contributed by atoms with van der Waals surface area (Å²) in [6.07, 6.45) is 1.60. The van der Waals surface area contributed by atoms with Crippen LogP contribution in [0.15, 0.2) is 40.8 Å². The molecule has 0 unspecified atom stereocenters. The number of ether oxygens (including phenoxy) is 4. The van der Waals surface area contributed by atoms with Crippen molar-refractivity contribution >= 4 is 6.21 Å². The Bertz CT molecular complexity index is 1040. The number of benzene rings is 2. The van der Waals surface area contributed by atoms with Gasteiger partial charge >= 0.3 is 5.95 Å². The van der Waals surface area contributed by atoms with Gasteiger partial charge in [0.1, 0.15) is 0 Å². The second-order valence-electron chi connectivity index (χ2n) is 5.99. The molecule has 27 heavy (non-hydrogen) atoms. The number of hydrogen-bond acceptors (Lipinski definition) is 7. The Labute approximate surface area is 153 Å². The maximum atomic E-state index is 10.0. The van der Waals surface area contributed by atoms with E-state index in [1.165, 1.54) is 0 Å². The van der Waals surface area contributed by atoms with Gasteiger partial charge in [0.25, 0.3) is 0 Å². The highest BCUT2D eigenvalue weighted by atomic mass is 16.7. The Balaban J connectivity index is 1.33.